The molecule has 23 heavy (non-hydrogen) atoms. The molecule has 0 saturated heterocycles. The smallest absolute Gasteiger partial charge is 0.0214 e. The van der Waals surface area contributed by atoms with Crippen LogP contribution in [0.15, 0.2) is 72.8 Å². The Balaban J connectivity index is 2.09. The first-order valence-electron chi connectivity index (χ1n) is 8.07. The Bertz CT molecular complexity index is 996. The summed E-state index contributed by atoms with van der Waals surface area (Å²) in [6, 6.07) is 21.7. The van der Waals surface area contributed by atoms with Gasteiger partial charge in [-0.15, -0.1) is 0 Å². The van der Waals surface area contributed by atoms with Crippen molar-refractivity contribution in [2.24, 2.45) is 0 Å². The molecule has 0 aromatic heterocycles. The van der Waals surface area contributed by atoms with E-state index in [0.717, 1.165) is 13.1 Å². The third kappa shape index (κ3) is 2.84. The number of hydrogen-bond acceptors (Lipinski definition) is 1. The summed E-state index contributed by atoms with van der Waals surface area (Å²) in [7, 11) is 0. The lowest BCUT2D eigenvalue weighted by Crippen LogP contribution is -2.23. The first-order chi connectivity index (χ1) is 11.4. The van der Waals surface area contributed by atoms with Gasteiger partial charge in [0.05, 0.1) is 0 Å². The summed E-state index contributed by atoms with van der Waals surface area (Å²) in [5, 5.41) is 8.62. The molecule has 1 heteroatoms. The van der Waals surface area contributed by atoms with E-state index in [1.807, 2.05) is 0 Å². The monoisotopic (exact) mass is 297 g/mol. The van der Waals surface area contributed by atoms with Gasteiger partial charge >= 0.3 is 0 Å². The fourth-order valence-corrected chi connectivity index (χ4v) is 3.14. The van der Waals surface area contributed by atoms with Gasteiger partial charge in [-0.2, -0.15) is 0 Å². The molecule has 1 aliphatic heterocycles. The third-order valence-electron chi connectivity index (χ3n) is 4.35. The Labute approximate surface area is 136 Å². The second-order valence-electron chi connectivity index (χ2n) is 5.86. The van der Waals surface area contributed by atoms with Crippen LogP contribution in [-0.2, 0) is 6.54 Å². The van der Waals surface area contributed by atoms with E-state index in [2.05, 4.69) is 90.3 Å². The van der Waals surface area contributed by atoms with Crippen molar-refractivity contribution in [1.82, 2.24) is 5.32 Å². The van der Waals surface area contributed by atoms with Crippen LogP contribution in [0.25, 0.3) is 22.9 Å². The van der Waals surface area contributed by atoms with Crippen LogP contribution < -0.4 is 15.8 Å². The van der Waals surface area contributed by atoms with E-state index in [4.69, 9.17) is 0 Å². The average Bonchev–Trinajstić information content (AvgIpc) is 2.64. The molecular formula is C22H19N. The van der Waals surface area contributed by atoms with Crippen LogP contribution in [0.5, 0.6) is 0 Å². The summed E-state index contributed by atoms with van der Waals surface area (Å²) < 4.78 is 0. The largest absolute Gasteiger partial charge is 0.309 e. The molecule has 3 aromatic carbocycles. The van der Waals surface area contributed by atoms with Crippen LogP contribution in [-0.4, -0.2) is 6.54 Å². The zero-order valence-corrected chi connectivity index (χ0v) is 13.0. The van der Waals surface area contributed by atoms with E-state index >= 15 is 0 Å². The molecule has 0 bridgehead atoms. The van der Waals surface area contributed by atoms with Gasteiger partial charge in [-0.05, 0) is 38.4 Å². The van der Waals surface area contributed by atoms with Crippen molar-refractivity contribution in [3.63, 3.8) is 0 Å². The maximum Gasteiger partial charge on any atom is 0.0214 e. The molecule has 0 atom stereocenters. The second-order valence-corrected chi connectivity index (χ2v) is 5.86. The quantitative estimate of drug-likeness (QED) is 0.672. The molecule has 0 unspecified atom stereocenters. The molecule has 0 radical (unpaired) electrons. The molecule has 0 spiro atoms. The topological polar surface area (TPSA) is 12.0 Å². The van der Waals surface area contributed by atoms with Gasteiger partial charge in [0.15, 0.2) is 0 Å². The summed E-state index contributed by atoms with van der Waals surface area (Å²) in [5.41, 5.74) is 2.66. The van der Waals surface area contributed by atoms with Crippen molar-refractivity contribution in [2.45, 2.75) is 6.54 Å². The highest BCUT2D eigenvalue weighted by Crippen LogP contribution is 2.23. The third-order valence-corrected chi connectivity index (χ3v) is 4.35. The SMILES string of the molecule is C1=c2/cccc/c2=C\c2c(ccc3ccccc23)CNC/C=C/1. The summed E-state index contributed by atoms with van der Waals surface area (Å²) >= 11 is 0. The van der Waals surface area contributed by atoms with E-state index in [1.165, 1.54) is 32.3 Å². The van der Waals surface area contributed by atoms with Crippen molar-refractivity contribution in [3.8, 4) is 0 Å². The predicted molar refractivity (Wildman–Crippen MR) is 98.5 cm³/mol. The molecule has 4 rings (SSSR count). The Hall–Kier alpha value is -2.64. The molecule has 1 nitrogen and oxygen atoms in total. The molecule has 0 aliphatic carbocycles. The van der Waals surface area contributed by atoms with Gasteiger partial charge in [-0.3, -0.25) is 0 Å². The minimum atomic E-state index is 0.878. The lowest BCUT2D eigenvalue weighted by molar-refractivity contribution is 0.760. The van der Waals surface area contributed by atoms with Crippen LogP contribution in [0.2, 0.25) is 0 Å². The Morgan fingerprint density at radius 2 is 1.61 bits per heavy atom. The predicted octanol–water partition coefficient (Wildman–Crippen LogP) is 3.11. The molecule has 0 saturated carbocycles. The van der Waals surface area contributed by atoms with Gasteiger partial charge in [0.2, 0.25) is 0 Å². The van der Waals surface area contributed by atoms with E-state index in [9.17, 15) is 0 Å². The molecule has 3 aromatic rings. The van der Waals surface area contributed by atoms with Gasteiger partial charge in [0.1, 0.15) is 0 Å². The van der Waals surface area contributed by atoms with E-state index < -0.39 is 0 Å². The Morgan fingerprint density at radius 1 is 0.783 bits per heavy atom. The van der Waals surface area contributed by atoms with E-state index in [1.54, 1.807) is 0 Å². The van der Waals surface area contributed by atoms with Crippen LogP contribution in [0, 0.1) is 0 Å². The van der Waals surface area contributed by atoms with Crippen molar-refractivity contribution in [1.29, 1.82) is 0 Å². The number of hydrogen-bond donors (Lipinski definition) is 1. The highest BCUT2D eigenvalue weighted by Gasteiger charge is 2.05. The number of nitrogens with one attached hydrogen (secondary N) is 1. The molecule has 1 heterocycles. The molecule has 0 fully saturated rings. The van der Waals surface area contributed by atoms with Crippen LogP contribution in [0.3, 0.4) is 0 Å². The number of rotatable bonds is 0. The number of fused-ring (bicyclic) bond motifs is 4. The Kier molecular flexibility index (Phi) is 3.79. The van der Waals surface area contributed by atoms with Crippen molar-refractivity contribution < 1.29 is 0 Å². The highest BCUT2D eigenvalue weighted by molar-refractivity contribution is 5.91. The minimum absolute atomic E-state index is 0.878. The average molecular weight is 297 g/mol. The summed E-state index contributed by atoms with van der Waals surface area (Å²) in [6.45, 7) is 1.76. The van der Waals surface area contributed by atoms with Gasteiger partial charge in [-0.25, -0.2) is 0 Å². The summed E-state index contributed by atoms with van der Waals surface area (Å²) in [6.07, 6.45) is 8.81. The van der Waals surface area contributed by atoms with Gasteiger partial charge in [0, 0.05) is 13.1 Å². The van der Waals surface area contributed by atoms with Gasteiger partial charge in [-0.1, -0.05) is 78.9 Å². The molecule has 0 amide bonds. The van der Waals surface area contributed by atoms with Crippen molar-refractivity contribution >= 4 is 22.9 Å². The fraction of sp³-hybridized carbons (Fsp3) is 0.0909. The van der Waals surface area contributed by atoms with Crippen LogP contribution in [0.1, 0.15) is 11.1 Å². The number of benzene rings is 3. The maximum atomic E-state index is 3.50. The van der Waals surface area contributed by atoms with Crippen molar-refractivity contribution in [3.05, 3.63) is 94.4 Å². The lowest BCUT2D eigenvalue weighted by Gasteiger charge is -2.11. The van der Waals surface area contributed by atoms with Crippen LogP contribution >= 0.6 is 0 Å². The minimum Gasteiger partial charge on any atom is -0.309 e. The second kappa shape index (κ2) is 6.23. The zero-order valence-electron chi connectivity index (χ0n) is 13.0. The first-order valence-corrected chi connectivity index (χ1v) is 8.07. The first kappa shape index (κ1) is 14.0. The van der Waals surface area contributed by atoms with E-state index in [-0.39, 0.29) is 0 Å². The molecule has 1 N–H and O–H groups in total. The lowest BCUT2D eigenvalue weighted by atomic mass is 9.97. The maximum absolute atomic E-state index is 3.50. The van der Waals surface area contributed by atoms with Gasteiger partial charge < -0.3 is 5.32 Å². The summed E-state index contributed by atoms with van der Waals surface area (Å²) in [4.78, 5) is 0. The zero-order chi connectivity index (χ0) is 15.5. The Morgan fingerprint density at radius 3 is 2.57 bits per heavy atom. The molecule has 1 aliphatic rings. The molecule has 112 valence electrons. The number of allylic oxidation sites excluding steroid dienone is 1. The van der Waals surface area contributed by atoms with Crippen molar-refractivity contribution in [2.75, 3.05) is 6.54 Å². The van der Waals surface area contributed by atoms with E-state index in [0.29, 0.717) is 0 Å². The highest BCUT2D eigenvalue weighted by atomic mass is 14.8. The van der Waals surface area contributed by atoms with Crippen LogP contribution in [0.4, 0.5) is 0 Å². The molecular weight excluding hydrogens is 278 g/mol. The normalized spacial score (nSPS) is 18.4. The van der Waals surface area contributed by atoms with Gasteiger partial charge in [0.25, 0.3) is 0 Å². The summed E-state index contributed by atoms with van der Waals surface area (Å²) in [5.74, 6) is 0. The standard InChI is InChI=1S/C22H19N/c1-2-10-19-15-22-20(13-12-18-9-3-4-11-21(18)22)16-23-14-6-5-8-17(19)7-1/h1-13,15,23H,14,16H2/b6-5+,17-8-,19-15+. The fourth-order valence-electron chi connectivity index (χ4n) is 3.14.